The lowest BCUT2D eigenvalue weighted by Crippen LogP contribution is -2.46. The Morgan fingerprint density at radius 2 is 1.86 bits per heavy atom. The molecule has 0 radical (unpaired) electrons. The molecule has 2 aliphatic heterocycles. The third kappa shape index (κ3) is 4.48. The molecule has 2 aromatic carbocycles. The van der Waals surface area contributed by atoms with Crippen LogP contribution >= 0.6 is 23.4 Å². The Labute approximate surface area is 180 Å². The maximum atomic E-state index is 13.0. The van der Waals surface area contributed by atoms with Crippen molar-refractivity contribution in [2.75, 3.05) is 18.8 Å². The van der Waals surface area contributed by atoms with E-state index in [1.807, 2.05) is 23.9 Å². The van der Waals surface area contributed by atoms with E-state index in [1.54, 1.807) is 12.1 Å². The van der Waals surface area contributed by atoms with Crippen molar-refractivity contribution in [2.45, 2.75) is 35.1 Å². The lowest BCUT2D eigenvalue weighted by Gasteiger charge is -2.33. The van der Waals surface area contributed by atoms with E-state index in [2.05, 4.69) is 17.4 Å². The fourth-order valence-electron chi connectivity index (χ4n) is 3.91. The van der Waals surface area contributed by atoms with Crippen molar-refractivity contribution in [2.24, 2.45) is 5.92 Å². The molecule has 5 nitrogen and oxygen atoms in total. The summed E-state index contributed by atoms with van der Waals surface area (Å²) in [5.74, 6) is 0.559. The van der Waals surface area contributed by atoms with E-state index in [0.29, 0.717) is 24.4 Å². The van der Waals surface area contributed by atoms with E-state index in [0.717, 1.165) is 17.7 Å². The monoisotopic (exact) mass is 450 g/mol. The summed E-state index contributed by atoms with van der Waals surface area (Å²) in [5, 5.41) is 3.66. The molecule has 1 amide bonds. The summed E-state index contributed by atoms with van der Waals surface area (Å²) in [5.41, 5.74) is 1.15. The zero-order valence-corrected chi connectivity index (χ0v) is 18.3. The Kier molecular flexibility index (Phi) is 6.20. The molecular formula is C21H23ClN2O3S2. The van der Waals surface area contributed by atoms with Gasteiger partial charge in [-0.25, -0.2) is 8.42 Å². The minimum atomic E-state index is -3.64. The molecule has 0 bridgehead atoms. The fraction of sp³-hybridized carbons (Fsp3) is 0.381. The van der Waals surface area contributed by atoms with Crippen LogP contribution in [0.3, 0.4) is 0 Å². The van der Waals surface area contributed by atoms with E-state index in [9.17, 15) is 13.2 Å². The topological polar surface area (TPSA) is 66.5 Å². The number of nitrogens with one attached hydrogen (secondary N) is 1. The van der Waals surface area contributed by atoms with E-state index in [1.165, 1.54) is 21.3 Å². The van der Waals surface area contributed by atoms with Crippen molar-refractivity contribution in [1.29, 1.82) is 0 Å². The van der Waals surface area contributed by atoms with E-state index in [-0.39, 0.29) is 29.3 Å². The van der Waals surface area contributed by atoms with E-state index >= 15 is 0 Å². The van der Waals surface area contributed by atoms with Crippen molar-refractivity contribution in [3.63, 3.8) is 0 Å². The predicted molar refractivity (Wildman–Crippen MR) is 116 cm³/mol. The van der Waals surface area contributed by atoms with Crippen LogP contribution in [0.2, 0.25) is 5.02 Å². The average Bonchev–Trinajstić information content (AvgIpc) is 2.74. The molecule has 0 saturated carbocycles. The highest BCUT2D eigenvalue weighted by Gasteiger charge is 2.34. The summed E-state index contributed by atoms with van der Waals surface area (Å²) in [7, 11) is -3.64. The molecule has 2 aromatic rings. The summed E-state index contributed by atoms with van der Waals surface area (Å²) in [4.78, 5) is 14.4. The van der Waals surface area contributed by atoms with Crippen molar-refractivity contribution >= 4 is 39.3 Å². The number of sulfonamides is 1. The molecule has 0 aromatic heterocycles. The van der Waals surface area contributed by atoms with Crippen LogP contribution in [0.25, 0.3) is 0 Å². The maximum Gasteiger partial charge on any atom is 0.243 e. The van der Waals surface area contributed by atoms with E-state index < -0.39 is 10.0 Å². The number of hydrogen-bond donors (Lipinski definition) is 1. The standard InChI is InChI=1S/C21H23ClN2O3S2/c22-16-7-9-17(10-8-16)29(26,27)24-12-3-4-15(14-24)21(25)23-19-11-13-28-20-6-2-1-5-18(19)20/h1-2,5-10,15,19H,3-4,11-14H2,(H,23,25)/t15-,19-/m0/s1. The number of carbonyl (C=O) groups is 1. The molecule has 8 heteroatoms. The van der Waals surface area contributed by atoms with Crippen LogP contribution in [-0.4, -0.2) is 37.5 Å². The van der Waals surface area contributed by atoms with Gasteiger partial charge in [-0.2, -0.15) is 4.31 Å². The van der Waals surface area contributed by atoms with Crippen LogP contribution < -0.4 is 5.32 Å². The highest BCUT2D eigenvalue weighted by molar-refractivity contribution is 7.99. The van der Waals surface area contributed by atoms with Crippen molar-refractivity contribution in [1.82, 2.24) is 9.62 Å². The van der Waals surface area contributed by atoms with Gasteiger partial charge < -0.3 is 5.32 Å². The first-order chi connectivity index (χ1) is 13.9. The molecule has 0 unspecified atom stereocenters. The number of rotatable bonds is 4. The molecule has 4 rings (SSSR count). The van der Waals surface area contributed by atoms with Crippen LogP contribution in [0.1, 0.15) is 30.9 Å². The van der Waals surface area contributed by atoms with E-state index in [4.69, 9.17) is 11.6 Å². The number of fused-ring (bicyclic) bond motifs is 1. The number of thioether (sulfide) groups is 1. The number of benzene rings is 2. The normalized spacial score (nSPS) is 22.7. The van der Waals surface area contributed by atoms with Gasteiger partial charge in [0.1, 0.15) is 0 Å². The summed E-state index contributed by atoms with van der Waals surface area (Å²) in [6, 6.07) is 14.3. The number of carbonyl (C=O) groups excluding carboxylic acids is 1. The Morgan fingerprint density at radius 1 is 1.10 bits per heavy atom. The van der Waals surface area contributed by atoms with Gasteiger partial charge in [-0.3, -0.25) is 4.79 Å². The summed E-state index contributed by atoms with van der Waals surface area (Å²) < 4.78 is 27.4. The van der Waals surface area contributed by atoms with Crippen molar-refractivity contribution in [3.05, 3.63) is 59.1 Å². The Morgan fingerprint density at radius 3 is 2.66 bits per heavy atom. The Balaban J connectivity index is 1.46. The molecular weight excluding hydrogens is 428 g/mol. The largest absolute Gasteiger partial charge is 0.349 e. The van der Waals surface area contributed by atoms with Crippen LogP contribution in [0.5, 0.6) is 0 Å². The molecule has 0 aliphatic carbocycles. The number of amides is 1. The van der Waals surface area contributed by atoms with Crippen LogP contribution in [0, 0.1) is 5.92 Å². The fourth-order valence-corrected chi connectivity index (χ4v) is 6.69. The highest BCUT2D eigenvalue weighted by Crippen LogP contribution is 2.36. The molecule has 2 atom stereocenters. The summed E-state index contributed by atoms with van der Waals surface area (Å²) in [6.45, 7) is 0.636. The number of halogens is 1. The Hall–Kier alpha value is -1.54. The smallest absolute Gasteiger partial charge is 0.243 e. The van der Waals surface area contributed by atoms with Gasteiger partial charge in [0, 0.05) is 28.8 Å². The van der Waals surface area contributed by atoms with Gasteiger partial charge in [-0.15, -0.1) is 11.8 Å². The molecule has 29 heavy (non-hydrogen) atoms. The zero-order chi connectivity index (χ0) is 20.4. The first-order valence-corrected chi connectivity index (χ1v) is 12.5. The van der Waals surface area contributed by atoms with Crippen LogP contribution in [0.4, 0.5) is 0 Å². The minimum absolute atomic E-state index is 0.0109. The summed E-state index contributed by atoms with van der Waals surface area (Å²) in [6.07, 6.45) is 2.25. The van der Waals surface area contributed by atoms with Crippen molar-refractivity contribution in [3.8, 4) is 0 Å². The lowest BCUT2D eigenvalue weighted by molar-refractivity contribution is -0.126. The average molecular weight is 451 g/mol. The Bertz CT molecular complexity index is 995. The van der Waals surface area contributed by atoms with Crippen LogP contribution in [-0.2, 0) is 14.8 Å². The third-order valence-corrected chi connectivity index (χ3v) is 8.74. The number of piperidine rings is 1. The third-order valence-electron chi connectivity index (χ3n) is 5.48. The molecule has 2 heterocycles. The SMILES string of the molecule is O=C(N[C@H]1CCSc2ccccc21)[C@H]1CCCN(S(=O)(=O)c2ccc(Cl)cc2)C1. The number of hydrogen-bond acceptors (Lipinski definition) is 4. The second kappa shape index (κ2) is 8.68. The minimum Gasteiger partial charge on any atom is -0.349 e. The van der Waals surface area contributed by atoms with Crippen molar-refractivity contribution < 1.29 is 13.2 Å². The van der Waals surface area contributed by atoms with Gasteiger partial charge in [0.15, 0.2) is 0 Å². The predicted octanol–water partition coefficient (Wildman–Crippen LogP) is 4.09. The highest BCUT2D eigenvalue weighted by atomic mass is 35.5. The van der Waals surface area contributed by atoms with Gasteiger partial charge in [0.25, 0.3) is 0 Å². The first-order valence-electron chi connectivity index (χ1n) is 9.73. The quantitative estimate of drug-likeness (QED) is 0.761. The molecule has 1 fully saturated rings. The second-order valence-corrected chi connectivity index (χ2v) is 10.9. The molecule has 1 N–H and O–H groups in total. The van der Waals surface area contributed by atoms with Gasteiger partial charge in [0.05, 0.1) is 16.9 Å². The molecule has 154 valence electrons. The summed E-state index contributed by atoms with van der Waals surface area (Å²) >= 11 is 7.69. The van der Waals surface area contributed by atoms with Gasteiger partial charge in [-0.1, -0.05) is 29.8 Å². The van der Waals surface area contributed by atoms with Gasteiger partial charge >= 0.3 is 0 Å². The second-order valence-electron chi connectivity index (χ2n) is 7.39. The molecule has 0 spiro atoms. The maximum absolute atomic E-state index is 13.0. The molecule has 1 saturated heterocycles. The molecule has 2 aliphatic rings. The number of nitrogens with zero attached hydrogens (tertiary/aromatic N) is 1. The van der Waals surface area contributed by atoms with Gasteiger partial charge in [0.2, 0.25) is 15.9 Å². The first kappa shape index (κ1) is 20.7. The lowest BCUT2D eigenvalue weighted by atomic mass is 9.97. The van der Waals surface area contributed by atoms with Gasteiger partial charge in [-0.05, 0) is 55.2 Å². The zero-order valence-electron chi connectivity index (χ0n) is 15.9. The van der Waals surface area contributed by atoms with Crippen LogP contribution in [0.15, 0.2) is 58.3 Å².